The number of hydrogen-bond donors (Lipinski definition) is 1. The largest absolute Gasteiger partial charge is 0.383 e. The molecule has 5 heteroatoms. The van der Waals surface area contributed by atoms with Crippen LogP contribution in [-0.4, -0.2) is 38.3 Å². The average Bonchev–Trinajstić information content (AvgIpc) is 2.81. The molecule has 0 amide bonds. The number of ether oxygens (including phenoxy) is 1. The molecular formula is C14H27N3OS. The van der Waals surface area contributed by atoms with Crippen LogP contribution in [0.2, 0.25) is 0 Å². The van der Waals surface area contributed by atoms with Gasteiger partial charge in [-0.25, -0.2) is 4.98 Å². The van der Waals surface area contributed by atoms with Crippen LogP contribution < -0.4 is 10.2 Å². The Hall–Kier alpha value is -0.650. The van der Waals surface area contributed by atoms with Crippen molar-refractivity contribution in [3.05, 3.63) is 11.1 Å². The van der Waals surface area contributed by atoms with Crippen LogP contribution >= 0.6 is 11.3 Å². The molecule has 1 aromatic rings. The molecular weight excluding hydrogens is 258 g/mol. The fourth-order valence-corrected chi connectivity index (χ4v) is 2.85. The monoisotopic (exact) mass is 285 g/mol. The molecule has 19 heavy (non-hydrogen) atoms. The van der Waals surface area contributed by atoms with Crippen LogP contribution in [0, 0.1) is 5.92 Å². The average molecular weight is 285 g/mol. The number of anilines is 1. The molecule has 0 spiro atoms. The first-order valence-corrected chi connectivity index (χ1v) is 7.79. The maximum atomic E-state index is 5.00. The van der Waals surface area contributed by atoms with Crippen LogP contribution in [0.3, 0.4) is 0 Å². The van der Waals surface area contributed by atoms with Gasteiger partial charge in [-0.15, -0.1) is 11.3 Å². The van der Waals surface area contributed by atoms with Gasteiger partial charge in [-0.3, -0.25) is 0 Å². The van der Waals surface area contributed by atoms with E-state index in [1.807, 2.05) is 0 Å². The molecule has 0 fully saturated rings. The topological polar surface area (TPSA) is 37.4 Å². The summed E-state index contributed by atoms with van der Waals surface area (Å²) in [7, 11) is 3.85. The Balaban J connectivity index is 2.44. The highest BCUT2D eigenvalue weighted by Gasteiger charge is 2.14. The summed E-state index contributed by atoms with van der Waals surface area (Å²) in [5.41, 5.74) is 1.11. The van der Waals surface area contributed by atoms with E-state index < -0.39 is 0 Å². The number of thiazole rings is 1. The van der Waals surface area contributed by atoms with E-state index in [9.17, 15) is 0 Å². The summed E-state index contributed by atoms with van der Waals surface area (Å²) in [4.78, 5) is 6.96. The Kier molecular flexibility index (Phi) is 7.34. The zero-order chi connectivity index (χ0) is 14.3. The van der Waals surface area contributed by atoms with Gasteiger partial charge < -0.3 is 15.0 Å². The molecule has 1 atom stereocenters. The Morgan fingerprint density at radius 3 is 2.79 bits per heavy atom. The lowest BCUT2D eigenvalue weighted by atomic mass is 10.0. The van der Waals surface area contributed by atoms with Gasteiger partial charge in [0.25, 0.3) is 0 Å². The molecule has 0 aliphatic carbocycles. The Bertz CT molecular complexity index is 354. The van der Waals surface area contributed by atoms with Gasteiger partial charge in [0.15, 0.2) is 5.13 Å². The quantitative estimate of drug-likeness (QED) is 0.708. The van der Waals surface area contributed by atoms with E-state index in [0.29, 0.717) is 12.0 Å². The summed E-state index contributed by atoms with van der Waals surface area (Å²) in [6, 6.07) is 0.528. The van der Waals surface area contributed by atoms with Gasteiger partial charge >= 0.3 is 0 Å². The minimum absolute atomic E-state index is 0.528. The Morgan fingerprint density at radius 2 is 2.16 bits per heavy atom. The molecule has 0 saturated heterocycles. The van der Waals surface area contributed by atoms with E-state index in [-0.39, 0.29) is 0 Å². The molecule has 0 saturated carbocycles. The van der Waals surface area contributed by atoms with Crippen LogP contribution in [0.1, 0.15) is 32.9 Å². The van der Waals surface area contributed by atoms with E-state index in [4.69, 9.17) is 4.74 Å². The Labute approximate surface area is 121 Å². The number of hydrogen-bond acceptors (Lipinski definition) is 5. The fraction of sp³-hybridized carbons (Fsp3) is 0.786. The number of nitrogens with one attached hydrogen (secondary N) is 1. The van der Waals surface area contributed by atoms with E-state index in [0.717, 1.165) is 30.5 Å². The van der Waals surface area contributed by atoms with Crippen molar-refractivity contribution in [1.29, 1.82) is 0 Å². The summed E-state index contributed by atoms with van der Waals surface area (Å²) in [6.45, 7) is 9.20. The van der Waals surface area contributed by atoms with E-state index in [1.165, 1.54) is 6.42 Å². The van der Waals surface area contributed by atoms with Gasteiger partial charge in [-0.2, -0.15) is 0 Å². The van der Waals surface area contributed by atoms with Crippen molar-refractivity contribution in [1.82, 2.24) is 10.3 Å². The number of aromatic nitrogens is 1. The van der Waals surface area contributed by atoms with Gasteiger partial charge in [0, 0.05) is 38.7 Å². The zero-order valence-electron chi connectivity index (χ0n) is 12.8. The number of methoxy groups -OCH3 is 1. The fourth-order valence-electron chi connectivity index (χ4n) is 1.96. The third-order valence-corrected chi connectivity index (χ3v) is 4.08. The van der Waals surface area contributed by atoms with E-state index >= 15 is 0 Å². The van der Waals surface area contributed by atoms with Crippen molar-refractivity contribution < 1.29 is 4.74 Å². The standard InChI is InChI=1S/C14H27N3OS/c1-11(2)8-12(3)17(4)14-16-13(10-19-14)9-15-6-7-18-5/h10-12,15H,6-9H2,1-5H3. The lowest BCUT2D eigenvalue weighted by Gasteiger charge is -2.25. The SMILES string of the molecule is COCCNCc1csc(N(C)C(C)CC(C)C)n1. The summed E-state index contributed by atoms with van der Waals surface area (Å²) in [5, 5.41) is 6.56. The van der Waals surface area contributed by atoms with Crippen molar-refractivity contribution >= 4 is 16.5 Å². The molecule has 0 aliphatic rings. The second-order valence-corrected chi connectivity index (χ2v) is 6.22. The molecule has 0 aromatic carbocycles. The van der Waals surface area contributed by atoms with Crippen LogP contribution in [0.15, 0.2) is 5.38 Å². The van der Waals surface area contributed by atoms with Crippen molar-refractivity contribution in [2.45, 2.75) is 39.8 Å². The van der Waals surface area contributed by atoms with Crippen LogP contribution in [0.4, 0.5) is 5.13 Å². The molecule has 1 aromatic heterocycles. The lowest BCUT2D eigenvalue weighted by molar-refractivity contribution is 0.199. The minimum Gasteiger partial charge on any atom is -0.383 e. The highest BCUT2D eigenvalue weighted by Crippen LogP contribution is 2.23. The van der Waals surface area contributed by atoms with Gasteiger partial charge in [-0.1, -0.05) is 13.8 Å². The predicted molar refractivity (Wildman–Crippen MR) is 83.0 cm³/mol. The minimum atomic E-state index is 0.528. The summed E-state index contributed by atoms with van der Waals surface area (Å²) in [5.74, 6) is 0.715. The molecule has 110 valence electrons. The van der Waals surface area contributed by atoms with Gasteiger partial charge in [0.2, 0.25) is 0 Å². The second kappa shape index (κ2) is 8.51. The maximum Gasteiger partial charge on any atom is 0.185 e. The first kappa shape index (κ1) is 16.4. The second-order valence-electron chi connectivity index (χ2n) is 5.38. The van der Waals surface area contributed by atoms with Crippen LogP contribution in [0.5, 0.6) is 0 Å². The Morgan fingerprint density at radius 1 is 1.42 bits per heavy atom. The smallest absolute Gasteiger partial charge is 0.185 e. The molecule has 4 nitrogen and oxygen atoms in total. The number of rotatable bonds is 9. The molecule has 1 unspecified atom stereocenters. The molecule has 1 heterocycles. The van der Waals surface area contributed by atoms with Gasteiger partial charge in [0.1, 0.15) is 0 Å². The summed E-state index contributed by atoms with van der Waals surface area (Å²) < 4.78 is 5.00. The van der Waals surface area contributed by atoms with E-state index in [2.05, 4.69) is 48.4 Å². The molecule has 1 N–H and O–H groups in total. The highest BCUT2D eigenvalue weighted by atomic mass is 32.1. The molecule has 0 aliphatic heterocycles. The van der Waals surface area contributed by atoms with Crippen LogP contribution in [0.25, 0.3) is 0 Å². The van der Waals surface area contributed by atoms with Crippen molar-refractivity contribution in [3.8, 4) is 0 Å². The van der Waals surface area contributed by atoms with Crippen molar-refractivity contribution in [2.24, 2.45) is 5.92 Å². The van der Waals surface area contributed by atoms with Crippen molar-refractivity contribution in [3.63, 3.8) is 0 Å². The van der Waals surface area contributed by atoms with E-state index in [1.54, 1.807) is 18.4 Å². The first-order chi connectivity index (χ1) is 9.04. The third-order valence-electron chi connectivity index (χ3n) is 3.10. The predicted octanol–water partition coefficient (Wildman–Crippen LogP) is 2.75. The maximum absolute atomic E-state index is 5.00. The normalized spacial score (nSPS) is 12.9. The zero-order valence-corrected chi connectivity index (χ0v) is 13.6. The van der Waals surface area contributed by atoms with Crippen molar-refractivity contribution in [2.75, 3.05) is 32.2 Å². The third kappa shape index (κ3) is 5.89. The summed E-state index contributed by atoms with van der Waals surface area (Å²) >= 11 is 1.72. The lowest BCUT2D eigenvalue weighted by Crippen LogP contribution is -2.30. The van der Waals surface area contributed by atoms with Gasteiger partial charge in [-0.05, 0) is 19.3 Å². The number of nitrogens with zero attached hydrogens (tertiary/aromatic N) is 2. The molecule has 1 rings (SSSR count). The molecule has 0 radical (unpaired) electrons. The first-order valence-electron chi connectivity index (χ1n) is 6.91. The summed E-state index contributed by atoms with van der Waals surface area (Å²) in [6.07, 6.45) is 1.19. The molecule has 0 bridgehead atoms. The van der Waals surface area contributed by atoms with Crippen LogP contribution in [-0.2, 0) is 11.3 Å². The highest BCUT2D eigenvalue weighted by molar-refractivity contribution is 7.13. The van der Waals surface area contributed by atoms with Gasteiger partial charge in [0.05, 0.1) is 12.3 Å².